The normalized spacial score (nSPS) is 15.0. The van der Waals surface area contributed by atoms with E-state index in [0.29, 0.717) is 18.2 Å². The van der Waals surface area contributed by atoms with Crippen LogP contribution in [0.5, 0.6) is 5.75 Å². The van der Waals surface area contributed by atoms with Crippen molar-refractivity contribution in [2.75, 3.05) is 26.2 Å². The Balaban J connectivity index is 1.63. The highest BCUT2D eigenvalue weighted by molar-refractivity contribution is 6.07. The molecule has 0 amide bonds. The van der Waals surface area contributed by atoms with E-state index >= 15 is 0 Å². The summed E-state index contributed by atoms with van der Waals surface area (Å²) in [6.45, 7) is 12.2. The van der Waals surface area contributed by atoms with E-state index in [-0.39, 0.29) is 5.78 Å². The van der Waals surface area contributed by atoms with Crippen LogP contribution in [0.4, 0.5) is 0 Å². The van der Waals surface area contributed by atoms with E-state index < -0.39 is 0 Å². The largest absolute Gasteiger partial charge is 0.492 e. The molecule has 3 rings (SSSR count). The number of carbonyl (C=O) groups is 1. The Morgan fingerprint density at radius 1 is 1.21 bits per heavy atom. The third-order valence-corrected chi connectivity index (χ3v) is 5.18. The highest BCUT2D eigenvalue weighted by atomic mass is 16.5. The van der Waals surface area contributed by atoms with Crippen molar-refractivity contribution in [3.05, 3.63) is 52.9 Å². The van der Waals surface area contributed by atoms with Crippen LogP contribution in [0.25, 0.3) is 6.08 Å². The molecule has 1 saturated heterocycles. The number of carbonyl (C=O) groups excluding carboxylic acids is 1. The fourth-order valence-corrected chi connectivity index (χ4v) is 3.59. The van der Waals surface area contributed by atoms with Gasteiger partial charge in [0.15, 0.2) is 5.78 Å². The maximum absolute atomic E-state index is 12.6. The van der Waals surface area contributed by atoms with Crippen molar-refractivity contribution in [2.24, 2.45) is 0 Å². The molecule has 2 aromatic rings. The predicted molar refractivity (Wildman–Crippen MR) is 113 cm³/mol. The molecule has 150 valence electrons. The van der Waals surface area contributed by atoms with Gasteiger partial charge in [-0.25, -0.2) is 0 Å². The van der Waals surface area contributed by atoms with Gasteiger partial charge in [0.1, 0.15) is 12.4 Å². The summed E-state index contributed by atoms with van der Waals surface area (Å²) in [6, 6.07) is 4.14. The maximum atomic E-state index is 12.6. The first-order valence-corrected chi connectivity index (χ1v) is 10.2. The van der Waals surface area contributed by atoms with Crippen LogP contribution in [0.2, 0.25) is 0 Å². The summed E-state index contributed by atoms with van der Waals surface area (Å²) in [5, 5.41) is 4.30. The van der Waals surface area contributed by atoms with Crippen LogP contribution in [0.1, 0.15) is 59.8 Å². The topological polar surface area (TPSA) is 47.4 Å². The molecule has 1 aromatic carbocycles. The second kappa shape index (κ2) is 9.20. The van der Waals surface area contributed by atoms with Gasteiger partial charge in [0, 0.05) is 29.9 Å². The molecule has 0 N–H and O–H groups in total. The molecule has 5 heteroatoms. The highest BCUT2D eigenvalue weighted by Gasteiger charge is 2.13. The van der Waals surface area contributed by atoms with Crippen molar-refractivity contribution in [1.29, 1.82) is 0 Å². The number of aryl methyl sites for hydroxylation is 2. The molecule has 1 aliphatic heterocycles. The van der Waals surface area contributed by atoms with E-state index in [9.17, 15) is 4.79 Å². The summed E-state index contributed by atoms with van der Waals surface area (Å²) < 4.78 is 7.92. The number of hydrogen-bond acceptors (Lipinski definition) is 4. The Hall–Kier alpha value is -2.40. The molecule has 1 aliphatic rings. The zero-order valence-corrected chi connectivity index (χ0v) is 17.4. The predicted octanol–water partition coefficient (Wildman–Crippen LogP) is 4.45. The molecule has 5 nitrogen and oxygen atoms in total. The van der Waals surface area contributed by atoms with Crippen molar-refractivity contribution in [2.45, 2.75) is 46.6 Å². The van der Waals surface area contributed by atoms with E-state index in [2.05, 4.69) is 23.8 Å². The van der Waals surface area contributed by atoms with Gasteiger partial charge in [-0.1, -0.05) is 0 Å². The first kappa shape index (κ1) is 20.3. The van der Waals surface area contributed by atoms with Crippen LogP contribution < -0.4 is 4.74 Å². The standard InChI is InChI=1S/C23H31N3O2/c1-17(2)26-16-20(15-24-26)7-8-22(27)21-13-18(3)23(19(4)14-21)28-12-11-25-9-5-6-10-25/h7-8,13-17H,5-6,9-12H2,1-4H3/b8-7+. The fourth-order valence-electron chi connectivity index (χ4n) is 3.59. The van der Waals surface area contributed by atoms with E-state index in [0.717, 1.165) is 29.0 Å². The summed E-state index contributed by atoms with van der Waals surface area (Å²) in [5.41, 5.74) is 3.63. The van der Waals surface area contributed by atoms with Gasteiger partial charge in [0.25, 0.3) is 0 Å². The molecular formula is C23H31N3O2. The molecule has 28 heavy (non-hydrogen) atoms. The van der Waals surface area contributed by atoms with Crippen molar-refractivity contribution in [1.82, 2.24) is 14.7 Å². The minimum absolute atomic E-state index is 0.00730. The molecule has 0 atom stereocenters. The number of ether oxygens (including phenoxy) is 1. The van der Waals surface area contributed by atoms with Gasteiger partial charge in [-0.05, 0) is 89.0 Å². The minimum atomic E-state index is -0.00730. The van der Waals surface area contributed by atoms with Crippen LogP contribution in [0.3, 0.4) is 0 Å². The maximum Gasteiger partial charge on any atom is 0.185 e. The van der Waals surface area contributed by atoms with Crippen molar-refractivity contribution >= 4 is 11.9 Å². The molecule has 0 bridgehead atoms. The lowest BCUT2D eigenvalue weighted by molar-refractivity contribution is 0.104. The van der Waals surface area contributed by atoms with Crippen molar-refractivity contribution in [3.63, 3.8) is 0 Å². The smallest absolute Gasteiger partial charge is 0.185 e. The lowest BCUT2D eigenvalue weighted by Crippen LogP contribution is -2.25. The Morgan fingerprint density at radius 3 is 2.50 bits per heavy atom. The van der Waals surface area contributed by atoms with E-state index in [4.69, 9.17) is 4.74 Å². The van der Waals surface area contributed by atoms with Gasteiger partial charge >= 0.3 is 0 Å². The summed E-state index contributed by atoms with van der Waals surface area (Å²) in [7, 11) is 0. The summed E-state index contributed by atoms with van der Waals surface area (Å²) in [4.78, 5) is 15.0. The minimum Gasteiger partial charge on any atom is -0.492 e. The molecular weight excluding hydrogens is 350 g/mol. The highest BCUT2D eigenvalue weighted by Crippen LogP contribution is 2.25. The van der Waals surface area contributed by atoms with Crippen LogP contribution in [0, 0.1) is 13.8 Å². The quantitative estimate of drug-likeness (QED) is 0.501. The number of ketones is 1. The Kier molecular flexibility index (Phi) is 6.68. The van der Waals surface area contributed by atoms with Gasteiger partial charge in [0.2, 0.25) is 0 Å². The second-order valence-electron chi connectivity index (χ2n) is 7.88. The van der Waals surface area contributed by atoms with E-state index in [1.54, 1.807) is 12.3 Å². The van der Waals surface area contributed by atoms with Gasteiger partial charge in [0.05, 0.1) is 6.20 Å². The monoisotopic (exact) mass is 381 g/mol. The Bertz CT molecular complexity index is 822. The third-order valence-electron chi connectivity index (χ3n) is 5.18. The molecule has 2 heterocycles. The van der Waals surface area contributed by atoms with Crippen LogP contribution in [-0.4, -0.2) is 46.7 Å². The molecule has 1 aromatic heterocycles. The Morgan fingerprint density at radius 2 is 1.89 bits per heavy atom. The molecule has 0 unspecified atom stereocenters. The van der Waals surface area contributed by atoms with Crippen LogP contribution in [0.15, 0.2) is 30.6 Å². The van der Waals surface area contributed by atoms with Gasteiger partial charge in [-0.2, -0.15) is 5.10 Å². The number of likely N-dealkylation sites (tertiary alicyclic amines) is 1. The molecule has 0 saturated carbocycles. The molecule has 0 aliphatic carbocycles. The average molecular weight is 382 g/mol. The first-order valence-electron chi connectivity index (χ1n) is 10.2. The van der Waals surface area contributed by atoms with Gasteiger partial charge in [-0.3, -0.25) is 14.4 Å². The van der Waals surface area contributed by atoms with Gasteiger partial charge < -0.3 is 4.74 Å². The SMILES string of the molecule is Cc1cc(C(=O)/C=C/c2cnn(C(C)C)c2)cc(C)c1OCCN1CCCC1. The number of nitrogens with zero attached hydrogens (tertiary/aromatic N) is 3. The third kappa shape index (κ3) is 5.10. The Labute approximate surface area is 168 Å². The number of rotatable bonds is 8. The molecule has 0 spiro atoms. The van der Waals surface area contributed by atoms with E-state index in [1.807, 2.05) is 42.9 Å². The molecule has 1 fully saturated rings. The number of allylic oxidation sites excluding steroid dienone is 1. The second-order valence-corrected chi connectivity index (χ2v) is 7.88. The zero-order valence-electron chi connectivity index (χ0n) is 17.4. The first-order chi connectivity index (χ1) is 13.4. The lowest BCUT2D eigenvalue weighted by atomic mass is 10.0. The van der Waals surface area contributed by atoms with Gasteiger partial charge in [-0.15, -0.1) is 0 Å². The number of benzene rings is 1. The number of aromatic nitrogens is 2. The fraction of sp³-hybridized carbons (Fsp3) is 0.478. The zero-order chi connectivity index (χ0) is 20.1. The van der Waals surface area contributed by atoms with E-state index in [1.165, 1.54) is 25.9 Å². The average Bonchev–Trinajstić information content (AvgIpc) is 3.33. The lowest BCUT2D eigenvalue weighted by Gasteiger charge is -2.17. The van der Waals surface area contributed by atoms with Crippen molar-refractivity contribution < 1.29 is 9.53 Å². The number of hydrogen-bond donors (Lipinski definition) is 0. The van der Waals surface area contributed by atoms with Crippen molar-refractivity contribution in [3.8, 4) is 5.75 Å². The summed E-state index contributed by atoms with van der Waals surface area (Å²) >= 11 is 0. The van der Waals surface area contributed by atoms with Crippen LogP contribution in [-0.2, 0) is 0 Å². The summed E-state index contributed by atoms with van der Waals surface area (Å²) in [5.74, 6) is 0.894. The van der Waals surface area contributed by atoms with Crippen LogP contribution >= 0.6 is 0 Å². The summed E-state index contributed by atoms with van der Waals surface area (Å²) in [6.07, 6.45) is 9.74. The molecule has 0 radical (unpaired) electrons.